The summed E-state index contributed by atoms with van der Waals surface area (Å²) in [5, 5.41) is 6.27. The highest BCUT2D eigenvalue weighted by molar-refractivity contribution is 6.36. The monoisotopic (exact) mass is 388 g/mol. The summed E-state index contributed by atoms with van der Waals surface area (Å²) in [6, 6.07) is 13.0. The van der Waals surface area contributed by atoms with E-state index in [1.807, 2.05) is 6.92 Å². The van der Waals surface area contributed by atoms with Gasteiger partial charge < -0.3 is 15.1 Å². The van der Waals surface area contributed by atoms with Crippen molar-refractivity contribution in [2.45, 2.75) is 6.92 Å². The number of nitrogens with one attached hydrogen (secondary N) is 2. The second kappa shape index (κ2) is 7.64. The summed E-state index contributed by atoms with van der Waals surface area (Å²) in [6.45, 7) is 1.83. The fraction of sp³-hybridized carbons (Fsp3) is 0.0526. The number of hydrogen-bond donors (Lipinski definition) is 2. The van der Waals surface area contributed by atoms with E-state index in [-0.39, 0.29) is 11.7 Å². The third-order valence-corrected chi connectivity index (χ3v) is 4.22. The molecule has 0 spiro atoms. The van der Waals surface area contributed by atoms with Crippen molar-refractivity contribution in [2.75, 3.05) is 10.6 Å². The fourth-order valence-electron chi connectivity index (χ4n) is 2.27. The highest BCUT2D eigenvalue weighted by atomic mass is 35.5. The van der Waals surface area contributed by atoms with E-state index in [9.17, 15) is 9.59 Å². The van der Waals surface area contributed by atoms with Gasteiger partial charge in [-0.25, -0.2) is 0 Å². The summed E-state index contributed by atoms with van der Waals surface area (Å²) >= 11 is 11.9. The summed E-state index contributed by atoms with van der Waals surface area (Å²) in [5.74, 6) is -0.564. The predicted octanol–water partition coefficient (Wildman–Crippen LogP) is 5.40. The number of furan rings is 1. The zero-order chi connectivity index (χ0) is 18.7. The topological polar surface area (TPSA) is 71.3 Å². The summed E-state index contributed by atoms with van der Waals surface area (Å²) in [6.07, 6.45) is 1.42. The molecule has 0 bridgehead atoms. The van der Waals surface area contributed by atoms with Crippen molar-refractivity contribution in [3.63, 3.8) is 0 Å². The molecule has 0 aliphatic carbocycles. The van der Waals surface area contributed by atoms with Crippen LogP contribution in [0.25, 0.3) is 0 Å². The number of aryl methyl sites for hydroxylation is 1. The van der Waals surface area contributed by atoms with Gasteiger partial charge in [0, 0.05) is 16.3 Å². The van der Waals surface area contributed by atoms with E-state index in [0.29, 0.717) is 27.0 Å². The SMILES string of the molecule is Cc1ccc(C(=O)Nc2ccc(Cl)cc2Cl)cc1NC(=O)c1ccco1. The minimum absolute atomic E-state index is 0.187. The largest absolute Gasteiger partial charge is 0.459 e. The first-order valence-electron chi connectivity index (χ1n) is 7.66. The summed E-state index contributed by atoms with van der Waals surface area (Å²) < 4.78 is 5.07. The molecule has 0 radical (unpaired) electrons. The average molecular weight is 389 g/mol. The van der Waals surface area contributed by atoms with Gasteiger partial charge in [-0.05, 0) is 55.0 Å². The Bertz CT molecular complexity index is 969. The third kappa shape index (κ3) is 4.07. The Morgan fingerprint density at radius 2 is 1.69 bits per heavy atom. The lowest BCUT2D eigenvalue weighted by Gasteiger charge is -2.11. The smallest absolute Gasteiger partial charge is 0.291 e. The molecule has 3 aromatic rings. The summed E-state index contributed by atoms with van der Waals surface area (Å²) in [7, 11) is 0. The molecule has 5 nitrogen and oxygen atoms in total. The number of carbonyl (C=O) groups is 2. The first-order valence-corrected chi connectivity index (χ1v) is 8.41. The molecule has 2 N–H and O–H groups in total. The van der Waals surface area contributed by atoms with Crippen LogP contribution in [0.1, 0.15) is 26.5 Å². The maximum Gasteiger partial charge on any atom is 0.291 e. The van der Waals surface area contributed by atoms with Crippen LogP contribution in [0.2, 0.25) is 10.0 Å². The molecule has 0 unspecified atom stereocenters. The highest BCUT2D eigenvalue weighted by Crippen LogP contribution is 2.26. The van der Waals surface area contributed by atoms with E-state index < -0.39 is 5.91 Å². The van der Waals surface area contributed by atoms with E-state index in [1.165, 1.54) is 6.26 Å². The van der Waals surface area contributed by atoms with Crippen molar-refractivity contribution < 1.29 is 14.0 Å². The first kappa shape index (κ1) is 18.0. The van der Waals surface area contributed by atoms with Crippen molar-refractivity contribution in [3.8, 4) is 0 Å². The predicted molar refractivity (Wildman–Crippen MR) is 102 cm³/mol. The van der Waals surface area contributed by atoms with Crippen molar-refractivity contribution in [2.24, 2.45) is 0 Å². The Balaban J connectivity index is 1.80. The molecule has 0 saturated carbocycles. The first-order chi connectivity index (χ1) is 12.4. The Hall–Kier alpha value is -2.76. The van der Waals surface area contributed by atoms with E-state index in [4.69, 9.17) is 27.6 Å². The Morgan fingerprint density at radius 3 is 2.38 bits per heavy atom. The van der Waals surface area contributed by atoms with Gasteiger partial charge >= 0.3 is 0 Å². The molecule has 2 amide bonds. The fourth-order valence-corrected chi connectivity index (χ4v) is 2.73. The van der Waals surface area contributed by atoms with E-state index in [2.05, 4.69) is 10.6 Å². The molecule has 132 valence electrons. The molecule has 1 aromatic heterocycles. The Morgan fingerprint density at radius 1 is 0.923 bits per heavy atom. The maximum atomic E-state index is 12.5. The lowest BCUT2D eigenvalue weighted by molar-refractivity contribution is 0.0993. The van der Waals surface area contributed by atoms with Crippen molar-refractivity contribution in [3.05, 3.63) is 81.7 Å². The number of amides is 2. The van der Waals surface area contributed by atoms with Gasteiger partial charge in [-0.1, -0.05) is 29.3 Å². The van der Waals surface area contributed by atoms with Crippen LogP contribution < -0.4 is 10.6 Å². The van der Waals surface area contributed by atoms with Gasteiger partial charge in [0.2, 0.25) is 0 Å². The molecule has 0 fully saturated rings. The molecule has 1 heterocycles. The molecule has 0 atom stereocenters. The van der Waals surface area contributed by atoms with Gasteiger partial charge in [-0.2, -0.15) is 0 Å². The number of halogens is 2. The van der Waals surface area contributed by atoms with Gasteiger partial charge in [-0.3, -0.25) is 9.59 Å². The van der Waals surface area contributed by atoms with Crippen LogP contribution >= 0.6 is 23.2 Å². The van der Waals surface area contributed by atoms with Crippen LogP contribution in [-0.4, -0.2) is 11.8 Å². The average Bonchev–Trinajstić information content (AvgIpc) is 3.14. The lowest BCUT2D eigenvalue weighted by atomic mass is 10.1. The normalized spacial score (nSPS) is 10.4. The molecule has 2 aromatic carbocycles. The molecule has 0 saturated heterocycles. The van der Waals surface area contributed by atoms with Crippen LogP contribution in [0.3, 0.4) is 0 Å². The van der Waals surface area contributed by atoms with Crippen LogP contribution in [-0.2, 0) is 0 Å². The molecule has 0 aliphatic rings. The molecular formula is C19H14Cl2N2O3. The quantitative estimate of drug-likeness (QED) is 0.628. The molecule has 3 rings (SSSR count). The third-order valence-electron chi connectivity index (χ3n) is 3.67. The lowest BCUT2D eigenvalue weighted by Crippen LogP contribution is -2.15. The van der Waals surface area contributed by atoms with Gasteiger partial charge in [0.15, 0.2) is 5.76 Å². The maximum absolute atomic E-state index is 12.5. The Labute approximate surface area is 159 Å². The minimum atomic E-state index is -0.392. The molecule has 26 heavy (non-hydrogen) atoms. The van der Waals surface area contributed by atoms with Crippen LogP contribution in [0.4, 0.5) is 11.4 Å². The van der Waals surface area contributed by atoms with Crippen molar-refractivity contribution in [1.29, 1.82) is 0 Å². The number of benzene rings is 2. The van der Waals surface area contributed by atoms with Crippen molar-refractivity contribution >= 4 is 46.4 Å². The van der Waals surface area contributed by atoms with E-state index in [0.717, 1.165) is 5.56 Å². The molecule has 0 aliphatic heterocycles. The second-order valence-corrected chi connectivity index (χ2v) is 6.38. The number of hydrogen-bond acceptors (Lipinski definition) is 3. The second-order valence-electron chi connectivity index (χ2n) is 5.54. The summed E-state index contributed by atoms with van der Waals surface area (Å²) in [4.78, 5) is 24.6. The van der Waals surface area contributed by atoms with Crippen LogP contribution in [0.5, 0.6) is 0 Å². The minimum Gasteiger partial charge on any atom is -0.459 e. The Kier molecular flexibility index (Phi) is 5.30. The van der Waals surface area contributed by atoms with E-state index in [1.54, 1.807) is 48.5 Å². The van der Waals surface area contributed by atoms with Crippen molar-refractivity contribution in [1.82, 2.24) is 0 Å². The summed E-state index contributed by atoms with van der Waals surface area (Å²) in [5.41, 5.74) is 2.14. The van der Waals surface area contributed by atoms with Gasteiger partial charge in [-0.15, -0.1) is 0 Å². The van der Waals surface area contributed by atoms with Crippen LogP contribution in [0, 0.1) is 6.92 Å². The number of rotatable bonds is 4. The molecular weight excluding hydrogens is 375 g/mol. The van der Waals surface area contributed by atoms with Crippen LogP contribution in [0.15, 0.2) is 59.2 Å². The number of anilines is 2. The number of carbonyl (C=O) groups excluding carboxylic acids is 2. The van der Waals surface area contributed by atoms with Gasteiger partial charge in [0.05, 0.1) is 17.0 Å². The van der Waals surface area contributed by atoms with Gasteiger partial charge in [0.1, 0.15) is 0 Å². The molecule has 7 heteroatoms. The zero-order valence-electron chi connectivity index (χ0n) is 13.7. The van der Waals surface area contributed by atoms with Gasteiger partial charge in [0.25, 0.3) is 11.8 Å². The standard InChI is InChI=1S/C19H14Cl2N2O3/c1-11-4-5-12(9-16(11)23-19(25)17-3-2-8-26-17)18(24)22-15-7-6-13(20)10-14(15)21/h2-10H,1H3,(H,22,24)(H,23,25). The zero-order valence-corrected chi connectivity index (χ0v) is 15.2. The van der Waals surface area contributed by atoms with E-state index >= 15 is 0 Å². The highest BCUT2D eigenvalue weighted by Gasteiger charge is 2.14.